The molecule has 0 aliphatic heterocycles. The molecule has 0 aromatic heterocycles. The highest BCUT2D eigenvalue weighted by atomic mass is 35.5. The van der Waals surface area contributed by atoms with Crippen LogP contribution in [0.4, 0.5) is 0 Å². The van der Waals surface area contributed by atoms with E-state index in [1.54, 1.807) is 0 Å². The Labute approximate surface area is 80.4 Å². The fourth-order valence-electron chi connectivity index (χ4n) is 1.47. The maximum absolute atomic E-state index is 9.75. The Morgan fingerprint density at radius 3 is 1.83 bits per heavy atom. The molecule has 0 heterocycles. The lowest BCUT2D eigenvalue weighted by Crippen LogP contribution is -2.80. The fourth-order valence-corrected chi connectivity index (χ4v) is 2.42. The predicted molar refractivity (Wildman–Crippen MR) is 47.1 cm³/mol. The molecule has 1 aliphatic rings. The van der Waals surface area contributed by atoms with Crippen molar-refractivity contribution in [1.82, 2.24) is 0 Å². The van der Waals surface area contributed by atoms with E-state index in [0.29, 0.717) is 0 Å². The Morgan fingerprint density at radius 2 is 1.67 bits per heavy atom. The largest absolute Gasteiger partial charge is 0.385 e. The van der Waals surface area contributed by atoms with Gasteiger partial charge < -0.3 is 21.7 Å². The lowest BCUT2D eigenvalue weighted by Gasteiger charge is -2.59. The molecular formula is C6H12Cl2N2O2. The minimum absolute atomic E-state index is 0.0350. The summed E-state index contributed by atoms with van der Waals surface area (Å²) in [4.78, 5) is 0. The van der Waals surface area contributed by atoms with Crippen LogP contribution in [-0.2, 0) is 0 Å². The average Bonchev–Trinajstić information content (AvgIpc) is 2.01. The van der Waals surface area contributed by atoms with Crippen molar-refractivity contribution in [2.75, 3.05) is 13.1 Å². The van der Waals surface area contributed by atoms with Crippen LogP contribution >= 0.6 is 23.2 Å². The molecule has 0 spiro atoms. The van der Waals surface area contributed by atoms with Gasteiger partial charge in [0.25, 0.3) is 0 Å². The first-order chi connectivity index (χ1) is 5.33. The van der Waals surface area contributed by atoms with Gasteiger partial charge in [0.15, 0.2) is 4.33 Å². The molecule has 6 heteroatoms. The average molecular weight is 215 g/mol. The van der Waals surface area contributed by atoms with E-state index in [1.165, 1.54) is 0 Å². The molecule has 0 amide bonds. The Kier molecular flexibility index (Phi) is 2.36. The van der Waals surface area contributed by atoms with E-state index in [0.717, 1.165) is 0 Å². The van der Waals surface area contributed by atoms with E-state index in [-0.39, 0.29) is 19.5 Å². The monoisotopic (exact) mass is 214 g/mol. The zero-order valence-corrected chi connectivity index (χ0v) is 7.94. The Morgan fingerprint density at radius 1 is 1.17 bits per heavy atom. The Hall–Kier alpha value is 0.420. The van der Waals surface area contributed by atoms with Crippen molar-refractivity contribution in [2.45, 2.75) is 22.0 Å². The molecule has 0 radical (unpaired) electrons. The van der Waals surface area contributed by atoms with Gasteiger partial charge in [-0.2, -0.15) is 0 Å². The SMILES string of the molecule is NCC1(O)CC(Cl)(Cl)C1(O)CN. The fraction of sp³-hybridized carbons (Fsp3) is 1.00. The van der Waals surface area contributed by atoms with Crippen molar-refractivity contribution in [1.29, 1.82) is 0 Å². The van der Waals surface area contributed by atoms with Crippen molar-refractivity contribution in [2.24, 2.45) is 11.5 Å². The number of nitrogens with two attached hydrogens (primary N) is 2. The van der Waals surface area contributed by atoms with Crippen LogP contribution in [0.3, 0.4) is 0 Å². The van der Waals surface area contributed by atoms with E-state index in [2.05, 4.69) is 0 Å². The summed E-state index contributed by atoms with van der Waals surface area (Å²) in [7, 11) is 0. The van der Waals surface area contributed by atoms with Crippen LogP contribution in [0.1, 0.15) is 6.42 Å². The normalized spacial score (nSPS) is 45.5. The zero-order valence-electron chi connectivity index (χ0n) is 6.43. The van der Waals surface area contributed by atoms with Crippen molar-refractivity contribution in [3.63, 3.8) is 0 Å². The van der Waals surface area contributed by atoms with Gasteiger partial charge >= 0.3 is 0 Å². The maximum Gasteiger partial charge on any atom is 0.153 e. The highest BCUT2D eigenvalue weighted by Gasteiger charge is 2.71. The molecule has 0 aromatic carbocycles. The number of halogens is 2. The van der Waals surface area contributed by atoms with Gasteiger partial charge in [0.2, 0.25) is 0 Å². The highest BCUT2D eigenvalue weighted by molar-refractivity contribution is 6.50. The van der Waals surface area contributed by atoms with E-state index in [1.807, 2.05) is 0 Å². The van der Waals surface area contributed by atoms with Crippen LogP contribution in [0.2, 0.25) is 0 Å². The van der Waals surface area contributed by atoms with Gasteiger partial charge in [-0.05, 0) is 0 Å². The summed E-state index contributed by atoms with van der Waals surface area (Å²) in [5, 5.41) is 19.4. The first-order valence-corrected chi connectivity index (χ1v) is 4.31. The second-order valence-electron chi connectivity index (χ2n) is 3.18. The number of hydrogen-bond acceptors (Lipinski definition) is 4. The second-order valence-corrected chi connectivity index (χ2v) is 4.67. The van der Waals surface area contributed by atoms with Gasteiger partial charge in [0.1, 0.15) is 11.2 Å². The smallest absolute Gasteiger partial charge is 0.153 e. The number of rotatable bonds is 2. The summed E-state index contributed by atoms with van der Waals surface area (Å²) >= 11 is 11.4. The summed E-state index contributed by atoms with van der Waals surface area (Å²) in [5.41, 5.74) is 7.37. The maximum atomic E-state index is 9.75. The molecule has 6 N–H and O–H groups in total. The highest BCUT2D eigenvalue weighted by Crippen LogP contribution is 2.56. The van der Waals surface area contributed by atoms with Crippen LogP contribution in [0, 0.1) is 0 Å². The molecule has 0 bridgehead atoms. The van der Waals surface area contributed by atoms with Crippen LogP contribution in [0.15, 0.2) is 0 Å². The molecule has 72 valence electrons. The van der Waals surface area contributed by atoms with E-state index < -0.39 is 15.5 Å². The first kappa shape index (κ1) is 10.5. The van der Waals surface area contributed by atoms with E-state index >= 15 is 0 Å². The van der Waals surface area contributed by atoms with Gasteiger partial charge in [-0.25, -0.2) is 0 Å². The molecular weight excluding hydrogens is 203 g/mol. The van der Waals surface area contributed by atoms with Gasteiger partial charge in [-0.15, -0.1) is 0 Å². The molecule has 1 rings (SSSR count). The standard InChI is InChI=1S/C6H12Cl2N2O2/c7-6(8)1-4(11,2-9)5(6,12)3-10/h11-12H,1-3,9-10H2. The minimum atomic E-state index is -1.70. The van der Waals surface area contributed by atoms with Crippen LogP contribution < -0.4 is 11.5 Å². The van der Waals surface area contributed by atoms with Crippen molar-refractivity contribution >= 4 is 23.2 Å². The molecule has 1 fully saturated rings. The third-order valence-electron chi connectivity index (χ3n) is 2.52. The quantitative estimate of drug-likeness (QED) is 0.442. The van der Waals surface area contributed by atoms with Gasteiger partial charge in [-0.1, -0.05) is 23.2 Å². The lowest BCUT2D eigenvalue weighted by atomic mass is 9.64. The van der Waals surface area contributed by atoms with Crippen LogP contribution in [0.25, 0.3) is 0 Å². The van der Waals surface area contributed by atoms with Gasteiger partial charge in [0.05, 0.1) is 0 Å². The second kappa shape index (κ2) is 2.70. The molecule has 1 aliphatic carbocycles. The van der Waals surface area contributed by atoms with Gasteiger partial charge in [-0.3, -0.25) is 0 Å². The predicted octanol–water partition coefficient (Wildman–Crippen LogP) is -1.06. The van der Waals surface area contributed by atoms with Crippen molar-refractivity contribution < 1.29 is 10.2 Å². The summed E-state index contributed by atoms with van der Waals surface area (Å²) in [6.45, 7) is -0.324. The first-order valence-electron chi connectivity index (χ1n) is 3.56. The Bertz CT molecular complexity index is 202. The molecule has 12 heavy (non-hydrogen) atoms. The van der Waals surface area contributed by atoms with Crippen LogP contribution in [0.5, 0.6) is 0 Å². The van der Waals surface area contributed by atoms with E-state index in [4.69, 9.17) is 34.7 Å². The Balaban J connectivity index is 2.90. The minimum Gasteiger partial charge on any atom is -0.385 e. The van der Waals surface area contributed by atoms with Crippen molar-refractivity contribution in [3.05, 3.63) is 0 Å². The molecule has 0 saturated heterocycles. The molecule has 2 unspecified atom stereocenters. The van der Waals surface area contributed by atoms with E-state index in [9.17, 15) is 10.2 Å². The van der Waals surface area contributed by atoms with Gasteiger partial charge in [0, 0.05) is 19.5 Å². The summed E-state index contributed by atoms with van der Waals surface area (Å²) in [6, 6.07) is 0. The number of alkyl halides is 2. The molecule has 1 saturated carbocycles. The van der Waals surface area contributed by atoms with Crippen LogP contribution in [-0.4, -0.2) is 38.8 Å². The summed E-state index contributed by atoms with van der Waals surface area (Å²) in [6.07, 6.45) is 0.0350. The summed E-state index contributed by atoms with van der Waals surface area (Å²) < 4.78 is -1.39. The number of aliphatic hydroxyl groups is 2. The zero-order chi connectivity index (χ0) is 9.62. The third kappa shape index (κ3) is 0.999. The summed E-state index contributed by atoms with van der Waals surface area (Å²) in [5.74, 6) is 0. The third-order valence-corrected chi connectivity index (χ3v) is 3.42. The van der Waals surface area contributed by atoms with Crippen molar-refractivity contribution in [3.8, 4) is 0 Å². The topological polar surface area (TPSA) is 92.5 Å². The number of hydrogen-bond donors (Lipinski definition) is 4. The lowest BCUT2D eigenvalue weighted by molar-refractivity contribution is -0.216. The molecule has 4 nitrogen and oxygen atoms in total. The molecule has 2 atom stereocenters. The molecule has 0 aromatic rings.